The summed E-state index contributed by atoms with van der Waals surface area (Å²) in [6.45, 7) is 9.81. The van der Waals surface area contributed by atoms with Gasteiger partial charge in [0.15, 0.2) is 4.77 Å². The molecule has 15 heavy (non-hydrogen) atoms. The molecule has 86 valence electrons. The first-order chi connectivity index (χ1) is 7.04. The van der Waals surface area contributed by atoms with Gasteiger partial charge in [0.05, 0.1) is 0 Å². The Morgan fingerprint density at radius 2 is 2.07 bits per heavy atom. The summed E-state index contributed by atoms with van der Waals surface area (Å²) in [6.07, 6.45) is 2.19. The molecule has 0 spiro atoms. The van der Waals surface area contributed by atoms with Crippen LogP contribution in [0, 0.1) is 16.6 Å². The van der Waals surface area contributed by atoms with Crippen LogP contribution in [0.1, 0.15) is 39.9 Å². The zero-order chi connectivity index (χ0) is 11.4. The number of H-pyrrole nitrogens is 1. The molecule has 1 N–H and O–H groups in total. The predicted octanol–water partition coefficient (Wildman–Crippen LogP) is 3.19. The standard InChI is InChI=1S/C11H21N3S/c1-5-9(4)6-10-12-13-11(15)14(10)7-8(2)3/h8-9H,5-7H2,1-4H3,(H,13,15). The highest BCUT2D eigenvalue weighted by Gasteiger charge is 2.10. The van der Waals surface area contributed by atoms with Gasteiger partial charge in [0, 0.05) is 13.0 Å². The lowest BCUT2D eigenvalue weighted by atomic mass is 10.0. The first-order valence-electron chi connectivity index (χ1n) is 5.68. The molecule has 0 aromatic carbocycles. The number of aromatic amines is 1. The summed E-state index contributed by atoms with van der Waals surface area (Å²) in [5, 5.41) is 7.19. The first-order valence-corrected chi connectivity index (χ1v) is 6.09. The van der Waals surface area contributed by atoms with Gasteiger partial charge in [-0.25, -0.2) is 0 Å². The zero-order valence-electron chi connectivity index (χ0n) is 10.1. The minimum absolute atomic E-state index is 0.602. The minimum atomic E-state index is 0.602. The maximum Gasteiger partial charge on any atom is 0.195 e. The quantitative estimate of drug-likeness (QED) is 0.784. The molecule has 0 amide bonds. The van der Waals surface area contributed by atoms with Gasteiger partial charge in [-0.05, 0) is 24.1 Å². The largest absolute Gasteiger partial charge is 0.304 e. The number of nitrogens with one attached hydrogen (secondary N) is 1. The Hall–Kier alpha value is -0.640. The molecular formula is C11H21N3S. The van der Waals surface area contributed by atoms with E-state index >= 15 is 0 Å². The van der Waals surface area contributed by atoms with Gasteiger partial charge < -0.3 is 4.57 Å². The number of hydrogen-bond acceptors (Lipinski definition) is 2. The fourth-order valence-corrected chi connectivity index (χ4v) is 1.74. The smallest absolute Gasteiger partial charge is 0.195 e. The highest BCUT2D eigenvalue weighted by Crippen LogP contribution is 2.11. The molecule has 0 bridgehead atoms. The van der Waals surface area contributed by atoms with Crippen LogP contribution in [-0.4, -0.2) is 14.8 Å². The monoisotopic (exact) mass is 227 g/mol. The molecule has 3 nitrogen and oxygen atoms in total. The Balaban J connectivity index is 2.83. The zero-order valence-corrected chi connectivity index (χ0v) is 10.9. The van der Waals surface area contributed by atoms with E-state index in [0.29, 0.717) is 11.8 Å². The van der Waals surface area contributed by atoms with Gasteiger partial charge in [0.1, 0.15) is 5.82 Å². The van der Waals surface area contributed by atoms with Crippen LogP contribution in [-0.2, 0) is 13.0 Å². The Morgan fingerprint density at radius 1 is 1.40 bits per heavy atom. The Kier molecular flexibility index (Phi) is 4.51. The summed E-state index contributed by atoms with van der Waals surface area (Å²) >= 11 is 5.23. The molecule has 1 aromatic rings. The van der Waals surface area contributed by atoms with E-state index in [-0.39, 0.29) is 0 Å². The van der Waals surface area contributed by atoms with E-state index in [1.165, 1.54) is 6.42 Å². The van der Waals surface area contributed by atoms with Crippen molar-refractivity contribution in [2.45, 2.75) is 47.1 Å². The van der Waals surface area contributed by atoms with Crippen molar-refractivity contribution in [3.63, 3.8) is 0 Å². The van der Waals surface area contributed by atoms with Crippen molar-refractivity contribution < 1.29 is 0 Å². The van der Waals surface area contributed by atoms with Crippen LogP contribution in [0.3, 0.4) is 0 Å². The summed E-state index contributed by atoms with van der Waals surface area (Å²) < 4.78 is 2.88. The Labute approximate surface area is 96.9 Å². The van der Waals surface area contributed by atoms with Crippen molar-refractivity contribution in [1.29, 1.82) is 0 Å². The second-order valence-corrected chi connectivity index (χ2v) is 5.05. The van der Waals surface area contributed by atoms with E-state index in [0.717, 1.165) is 23.6 Å². The molecule has 0 aliphatic heterocycles. The minimum Gasteiger partial charge on any atom is -0.304 e. The van der Waals surface area contributed by atoms with Crippen LogP contribution in [0.15, 0.2) is 0 Å². The molecule has 0 radical (unpaired) electrons. The molecule has 0 saturated heterocycles. The van der Waals surface area contributed by atoms with E-state index in [1.54, 1.807) is 0 Å². The van der Waals surface area contributed by atoms with Gasteiger partial charge in [-0.3, -0.25) is 5.10 Å². The fourth-order valence-electron chi connectivity index (χ4n) is 1.52. The van der Waals surface area contributed by atoms with Crippen LogP contribution in [0.25, 0.3) is 0 Å². The summed E-state index contributed by atoms with van der Waals surface area (Å²) in [7, 11) is 0. The van der Waals surface area contributed by atoms with Crippen molar-refractivity contribution in [1.82, 2.24) is 14.8 Å². The van der Waals surface area contributed by atoms with Crippen molar-refractivity contribution in [3.8, 4) is 0 Å². The average molecular weight is 227 g/mol. The predicted molar refractivity (Wildman–Crippen MR) is 65.4 cm³/mol. The van der Waals surface area contributed by atoms with Crippen molar-refractivity contribution in [2.24, 2.45) is 11.8 Å². The highest BCUT2D eigenvalue weighted by molar-refractivity contribution is 7.71. The lowest BCUT2D eigenvalue weighted by molar-refractivity contribution is 0.472. The van der Waals surface area contributed by atoms with Crippen molar-refractivity contribution >= 4 is 12.2 Å². The maximum absolute atomic E-state index is 5.23. The summed E-state index contributed by atoms with van der Waals surface area (Å²) in [5.74, 6) is 2.37. The van der Waals surface area contributed by atoms with Gasteiger partial charge in [-0.1, -0.05) is 34.1 Å². The topological polar surface area (TPSA) is 33.6 Å². The van der Waals surface area contributed by atoms with Crippen LogP contribution < -0.4 is 0 Å². The SMILES string of the molecule is CCC(C)Cc1n[nH]c(=S)n1CC(C)C. The molecule has 4 heteroatoms. The third-order valence-electron chi connectivity index (χ3n) is 2.61. The molecule has 0 fully saturated rings. The van der Waals surface area contributed by atoms with Gasteiger partial charge >= 0.3 is 0 Å². The average Bonchev–Trinajstić information content (AvgIpc) is 2.49. The van der Waals surface area contributed by atoms with Crippen LogP contribution in [0.4, 0.5) is 0 Å². The van der Waals surface area contributed by atoms with E-state index < -0.39 is 0 Å². The molecule has 1 rings (SSSR count). The summed E-state index contributed by atoms with van der Waals surface area (Å²) in [4.78, 5) is 0. The Bertz CT molecular complexity index is 351. The first kappa shape index (κ1) is 12.4. The normalized spacial score (nSPS) is 13.4. The van der Waals surface area contributed by atoms with Crippen LogP contribution in [0.2, 0.25) is 0 Å². The van der Waals surface area contributed by atoms with Crippen molar-refractivity contribution in [2.75, 3.05) is 0 Å². The van der Waals surface area contributed by atoms with Crippen molar-refractivity contribution in [3.05, 3.63) is 10.6 Å². The molecule has 0 aliphatic carbocycles. The third kappa shape index (κ3) is 3.45. The molecular weight excluding hydrogens is 206 g/mol. The fraction of sp³-hybridized carbons (Fsp3) is 0.818. The second-order valence-electron chi connectivity index (χ2n) is 4.67. The molecule has 1 heterocycles. The number of hydrogen-bond donors (Lipinski definition) is 1. The maximum atomic E-state index is 5.23. The van der Waals surface area contributed by atoms with Gasteiger partial charge in [0.2, 0.25) is 0 Å². The molecule has 1 unspecified atom stereocenters. The third-order valence-corrected chi connectivity index (χ3v) is 2.92. The number of aromatic nitrogens is 3. The summed E-state index contributed by atoms with van der Waals surface area (Å²) in [5.41, 5.74) is 0. The van der Waals surface area contributed by atoms with Gasteiger partial charge in [-0.2, -0.15) is 5.10 Å². The van der Waals surface area contributed by atoms with E-state index in [1.807, 2.05) is 0 Å². The molecule has 1 aromatic heterocycles. The molecule has 0 aliphatic rings. The van der Waals surface area contributed by atoms with E-state index in [2.05, 4.69) is 42.5 Å². The van der Waals surface area contributed by atoms with E-state index in [4.69, 9.17) is 12.2 Å². The Morgan fingerprint density at radius 3 is 2.60 bits per heavy atom. The number of rotatable bonds is 5. The molecule has 0 saturated carbocycles. The highest BCUT2D eigenvalue weighted by atomic mass is 32.1. The van der Waals surface area contributed by atoms with Crippen LogP contribution in [0.5, 0.6) is 0 Å². The van der Waals surface area contributed by atoms with Gasteiger partial charge in [0.25, 0.3) is 0 Å². The lowest BCUT2D eigenvalue weighted by Crippen LogP contribution is -2.11. The second kappa shape index (κ2) is 5.45. The number of nitrogens with zero attached hydrogens (tertiary/aromatic N) is 2. The lowest BCUT2D eigenvalue weighted by Gasteiger charge is -2.11. The van der Waals surface area contributed by atoms with Gasteiger partial charge in [-0.15, -0.1) is 0 Å². The molecule has 1 atom stereocenters. The van der Waals surface area contributed by atoms with Crippen LogP contribution >= 0.6 is 12.2 Å². The summed E-state index contributed by atoms with van der Waals surface area (Å²) in [6, 6.07) is 0. The van der Waals surface area contributed by atoms with E-state index in [9.17, 15) is 0 Å².